The molecule has 0 bridgehead atoms. The first-order valence-electron chi connectivity index (χ1n) is 4.30. The zero-order valence-corrected chi connectivity index (χ0v) is 9.22. The van der Waals surface area contributed by atoms with E-state index in [9.17, 15) is 13.2 Å². The van der Waals surface area contributed by atoms with Crippen molar-refractivity contribution in [2.45, 2.75) is 12.8 Å². The van der Waals surface area contributed by atoms with Crippen LogP contribution < -0.4 is 5.73 Å². The minimum atomic E-state index is -3.40. The Morgan fingerprint density at radius 2 is 2.21 bits per heavy atom. The zero-order chi connectivity index (χ0) is 10.8. The lowest BCUT2D eigenvalue weighted by molar-refractivity contribution is -0.122. The second kappa shape index (κ2) is 4.46. The Kier molecular flexibility index (Phi) is 3.74. The van der Waals surface area contributed by atoms with Gasteiger partial charge in [0.15, 0.2) is 0 Å². The van der Waals surface area contributed by atoms with Crippen molar-refractivity contribution in [1.29, 1.82) is 0 Å². The lowest BCUT2D eigenvalue weighted by Crippen LogP contribution is -2.44. The summed E-state index contributed by atoms with van der Waals surface area (Å²) >= 11 is 5.31. The van der Waals surface area contributed by atoms with Gasteiger partial charge < -0.3 is 5.73 Å². The van der Waals surface area contributed by atoms with Crippen molar-refractivity contribution in [3.63, 3.8) is 0 Å². The van der Waals surface area contributed by atoms with Crippen molar-refractivity contribution < 1.29 is 13.2 Å². The number of rotatable bonds is 3. The summed E-state index contributed by atoms with van der Waals surface area (Å²) in [5.74, 6) is -0.818. The van der Waals surface area contributed by atoms with Crippen LogP contribution in [-0.4, -0.2) is 36.9 Å². The third kappa shape index (κ3) is 2.59. The summed E-state index contributed by atoms with van der Waals surface area (Å²) in [5.41, 5.74) is 5.12. The molecule has 2 N–H and O–H groups in total. The largest absolute Gasteiger partial charge is 0.369 e. The topological polar surface area (TPSA) is 80.5 Å². The maximum atomic E-state index is 11.4. The maximum absolute atomic E-state index is 11.4. The van der Waals surface area contributed by atoms with E-state index in [4.69, 9.17) is 17.3 Å². The molecule has 0 aromatic rings. The molecular weight excluding hydrogens is 228 g/mol. The monoisotopic (exact) mass is 240 g/mol. The highest BCUT2D eigenvalue weighted by Gasteiger charge is 2.30. The third-order valence-corrected chi connectivity index (χ3v) is 4.54. The number of primary amides is 1. The Morgan fingerprint density at radius 1 is 1.57 bits per heavy atom. The second-order valence-electron chi connectivity index (χ2n) is 3.32. The molecule has 0 spiro atoms. The molecule has 5 nitrogen and oxygen atoms in total. The van der Waals surface area contributed by atoms with Crippen molar-refractivity contribution >= 4 is 27.5 Å². The molecule has 14 heavy (non-hydrogen) atoms. The maximum Gasteiger partial charge on any atom is 0.228 e. The van der Waals surface area contributed by atoms with Crippen molar-refractivity contribution in [1.82, 2.24) is 4.31 Å². The number of hydrogen-bond donors (Lipinski definition) is 1. The van der Waals surface area contributed by atoms with Gasteiger partial charge in [0.2, 0.25) is 15.9 Å². The van der Waals surface area contributed by atoms with Gasteiger partial charge in [0.1, 0.15) is 5.21 Å². The molecule has 1 unspecified atom stereocenters. The molecule has 0 aromatic heterocycles. The average molecular weight is 241 g/mol. The molecule has 0 aliphatic carbocycles. The third-order valence-electron chi connectivity index (χ3n) is 2.32. The molecule has 0 aromatic carbocycles. The molecule has 1 aliphatic rings. The van der Waals surface area contributed by atoms with E-state index in [2.05, 4.69) is 0 Å². The van der Waals surface area contributed by atoms with E-state index < -0.39 is 21.1 Å². The highest BCUT2D eigenvalue weighted by Crippen LogP contribution is 2.19. The van der Waals surface area contributed by atoms with Gasteiger partial charge in [-0.05, 0) is 12.8 Å². The van der Waals surface area contributed by atoms with Crippen LogP contribution in [0.15, 0.2) is 0 Å². The Balaban J connectivity index is 2.70. The number of alkyl halides is 1. The zero-order valence-electron chi connectivity index (χ0n) is 7.65. The fourth-order valence-corrected chi connectivity index (χ4v) is 2.86. The fourth-order valence-electron chi connectivity index (χ4n) is 1.50. The van der Waals surface area contributed by atoms with Crippen LogP contribution in [0.5, 0.6) is 0 Å². The first kappa shape index (κ1) is 11.7. The van der Waals surface area contributed by atoms with E-state index in [0.29, 0.717) is 19.4 Å². The van der Waals surface area contributed by atoms with Gasteiger partial charge >= 0.3 is 0 Å². The first-order valence-corrected chi connectivity index (χ1v) is 6.45. The van der Waals surface area contributed by atoms with Crippen molar-refractivity contribution in [2.75, 3.05) is 18.3 Å². The number of nitrogens with zero attached hydrogens (tertiary/aromatic N) is 1. The summed E-state index contributed by atoms with van der Waals surface area (Å²) in [6, 6.07) is 0. The van der Waals surface area contributed by atoms with Gasteiger partial charge in [-0.2, -0.15) is 0 Å². The van der Waals surface area contributed by atoms with Crippen molar-refractivity contribution in [3.05, 3.63) is 0 Å². The van der Waals surface area contributed by atoms with Gasteiger partial charge in [0.05, 0.1) is 5.92 Å². The van der Waals surface area contributed by atoms with Crippen LogP contribution in [-0.2, 0) is 14.8 Å². The molecule has 1 atom stereocenters. The predicted molar refractivity (Wildman–Crippen MR) is 53.1 cm³/mol. The summed E-state index contributed by atoms with van der Waals surface area (Å²) < 4.78 is 24.0. The normalized spacial score (nSPS) is 24.8. The molecule has 0 saturated carbocycles. The van der Waals surface area contributed by atoms with Gasteiger partial charge in [-0.25, -0.2) is 12.7 Å². The second-order valence-corrected chi connectivity index (χ2v) is 5.87. The molecule has 1 rings (SSSR count). The van der Waals surface area contributed by atoms with Crippen LogP contribution in [0.25, 0.3) is 0 Å². The minimum Gasteiger partial charge on any atom is -0.369 e. The smallest absolute Gasteiger partial charge is 0.228 e. The van der Waals surface area contributed by atoms with Crippen LogP contribution in [0.2, 0.25) is 0 Å². The molecule has 1 heterocycles. The first-order chi connectivity index (χ1) is 6.47. The fraction of sp³-hybridized carbons (Fsp3) is 0.857. The van der Waals surface area contributed by atoms with E-state index in [1.165, 1.54) is 4.31 Å². The number of nitrogens with two attached hydrogens (primary N) is 1. The Hall–Kier alpha value is -0.330. The minimum absolute atomic E-state index is 0.171. The quantitative estimate of drug-likeness (QED) is 0.689. The van der Waals surface area contributed by atoms with Crippen molar-refractivity contribution in [3.8, 4) is 0 Å². The predicted octanol–water partition coefficient (Wildman–Crippen LogP) is -0.290. The molecule has 1 fully saturated rings. The van der Waals surface area contributed by atoms with Crippen molar-refractivity contribution in [2.24, 2.45) is 11.7 Å². The lowest BCUT2D eigenvalue weighted by atomic mass is 9.99. The molecule has 1 saturated heterocycles. The van der Waals surface area contributed by atoms with E-state index in [1.807, 2.05) is 0 Å². The van der Waals surface area contributed by atoms with Crippen LogP contribution in [0.1, 0.15) is 12.8 Å². The summed E-state index contributed by atoms with van der Waals surface area (Å²) in [5, 5.41) is -0.446. The number of halogens is 1. The number of carbonyl (C=O) groups excluding carboxylic acids is 1. The summed E-state index contributed by atoms with van der Waals surface area (Å²) in [4.78, 5) is 10.9. The SMILES string of the molecule is NC(=O)C1CCCN(S(=O)(=O)CCl)C1. The number of carbonyl (C=O) groups is 1. The van der Waals surface area contributed by atoms with E-state index in [1.54, 1.807) is 0 Å². The summed E-state index contributed by atoms with van der Waals surface area (Å²) in [7, 11) is -3.40. The number of piperidine rings is 1. The van der Waals surface area contributed by atoms with Gasteiger partial charge in [0, 0.05) is 13.1 Å². The van der Waals surface area contributed by atoms with Crippen LogP contribution >= 0.6 is 11.6 Å². The Labute approximate surface area is 88.2 Å². The summed E-state index contributed by atoms with van der Waals surface area (Å²) in [6.07, 6.45) is 1.31. The molecule has 1 amide bonds. The number of hydrogen-bond acceptors (Lipinski definition) is 3. The van der Waals surface area contributed by atoms with E-state index in [0.717, 1.165) is 0 Å². The highest BCUT2D eigenvalue weighted by molar-refractivity contribution is 7.90. The Morgan fingerprint density at radius 3 is 2.71 bits per heavy atom. The van der Waals surface area contributed by atoms with Crippen LogP contribution in [0.3, 0.4) is 0 Å². The van der Waals surface area contributed by atoms with Gasteiger partial charge in [-0.15, -0.1) is 11.6 Å². The molecule has 82 valence electrons. The summed E-state index contributed by atoms with van der Waals surface area (Å²) in [6.45, 7) is 0.600. The standard InChI is InChI=1S/C7H13ClN2O3S/c8-5-14(12,13)10-3-1-2-6(4-10)7(9)11/h6H,1-5H2,(H2,9,11). The average Bonchev–Trinajstić information content (AvgIpc) is 2.18. The molecule has 0 radical (unpaired) electrons. The highest BCUT2D eigenvalue weighted by atomic mass is 35.5. The molecule has 1 aliphatic heterocycles. The molecular formula is C7H13ClN2O3S. The van der Waals surface area contributed by atoms with Crippen LogP contribution in [0, 0.1) is 5.92 Å². The Bertz CT molecular complexity index is 317. The van der Waals surface area contributed by atoms with Gasteiger partial charge in [-0.1, -0.05) is 0 Å². The number of sulfonamides is 1. The van der Waals surface area contributed by atoms with E-state index >= 15 is 0 Å². The van der Waals surface area contributed by atoms with Crippen LogP contribution in [0.4, 0.5) is 0 Å². The number of amides is 1. The van der Waals surface area contributed by atoms with Gasteiger partial charge in [-0.3, -0.25) is 4.79 Å². The molecule has 7 heteroatoms. The lowest BCUT2D eigenvalue weighted by Gasteiger charge is -2.29. The van der Waals surface area contributed by atoms with E-state index in [-0.39, 0.29) is 12.5 Å². The van der Waals surface area contributed by atoms with Gasteiger partial charge in [0.25, 0.3) is 0 Å².